The standard InChI is InChI=1S/C23H23ClN6O4/c1-14-8-16(4-6-18(14)24)33-13-17-5-7-20(34-17)22(31)28-19-11-27-30(3)21(19)23(32)25-9-15-10-26-29(2)12-15/h4-8,10-12H,9,13H2,1-3H3,(H,25,32)(H,28,31). The highest BCUT2D eigenvalue weighted by Gasteiger charge is 2.21. The summed E-state index contributed by atoms with van der Waals surface area (Å²) in [6, 6.07) is 8.53. The third-order valence-corrected chi connectivity index (χ3v) is 5.43. The van der Waals surface area contributed by atoms with Crippen molar-refractivity contribution in [3.63, 3.8) is 0 Å². The van der Waals surface area contributed by atoms with Gasteiger partial charge in [-0.3, -0.25) is 19.0 Å². The molecule has 0 saturated carbocycles. The van der Waals surface area contributed by atoms with Crippen LogP contribution in [0.15, 0.2) is 53.3 Å². The van der Waals surface area contributed by atoms with Crippen molar-refractivity contribution in [3.8, 4) is 5.75 Å². The number of benzene rings is 1. The van der Waals surface area contributed by atoms with E-state index in [1.165, 1.54) is 10.9 Å². The van der Waals surface area contributed by atoms with E-state index in [-0.39, 0.29) is 29.7 Å². The second kappa shape index (κ2) is 9.84. The van der Waals surface area contributed by atoms with Gasteiger partial charge in [-0.05, 0) is 42.8 Å². The Labute approximate surface area is 200 Å². The molecule has 4 rings (SSSR count). The number of nitrogens with one attached hydrogen (secondary N) is 2. The number of carbonyl (C=O) groups excluding carboxylic acids is 2. The average molecular weight is 483 g/mol. The fourth-order valence-corrected chi connectivity index (χ4v) is 3.37. The number of ether oxygens (including phenoxy) is 1. The molecule has 2 amide bonds. The largest absolute Gasteiger partial charge is 0.486 e. The number of halogens is 1. The summed E-state index contributed by atoms with van der Waals surface area (Å²) in [4.78, 5) is 25.4. The molecule has 0 aliphatic carbocycles. The number of nitrogens with zero attached hydrogens (tertiary/aromatic N) is 4. The number of hydrogen-bond donors (Lipinski definition) is 2. The smallest absolute Gasteiger partial charge is 0.291 e. The molecule has 0 aliphatic rings. The molecule has 10 nitrogen and oxygen atoms in total. The van der Waals surface area contributed by atoms with Gasteiger partial charge in [0.25, 0.3) is 11.8 Å². The van der Waals surface area contributed by atoms with Crippen LogP contribution >= 0.6 is 11.6 Å². The van der Waals surface area contributed by atoms with E-state index in [2.05, 4.69) is 20.8 Å². The maximum Gasteiger partial charge on any atom is 0.291 e. The van der Waals surface area contributed by atoms with Gasteiger partial charge in [-0.1, -0.05) is 11.6 Å². The van der Waals surface area contributed by atoms with Crippen molar-refractivity contribution in [1.82, 2.24) is 24.9 Å². The topological polar surface area (TPSA) is 116 Å². The van der Waals surface area contributed by atoms with E-state index >= 15 is 0 Å². The van der Waals surface area contributed by atoms with Crippen LogP contribution in [0.2, 0.25) is 5.02 Å². The van der Waals surface area contributed by atoms with E-state index in [4.69, 9.17) is 20.8 Å². The van der Waals surface area contributed by atoms with Gasteiger partial charge in [0.05, 0.1) is 18.1 Å². The van der Waals surface area contributed by atoms with Crippen molar-refractivity contribution < 1.29 is 18.7 Å². The molecule has 0 bridgehead atoms. The number of amides is 2. The zero-order valence-corrected chi connectivity index (χ0v) is 19.6. The first kappa shape index (κ1) is 23.1. The quantitative estimate of drug-likeness (QED) is 0.397. The van der Waals surface area contributed by atoms with Crippen LogP contribution in [-0.4, -0.2) is 31.4 Å². The fraction of sp³-hybridized carbons (Fsp3) is 0.217. The molecule has 176 valence electrons. The highest BCUT2D eigenvalue weighted by atomic mass is 35.5. The van der Waals surface area contributed by atoms with Crippen molar-refractivity contribution in [3.05, 3.63) is 82.3 Å². The number of aromatic nitrogens is 4. The molecule has 3 heterocycles. The maximum atomic E-state index is 12.7. The molecule has 1 aromatic carbocycles. The Morgan fingerprint density at radius 2 is 1.94 bits per heavy atom. The van der Waals surface area contributed by atoms with Crippen LogP contribution in [0.4, 0.5) is 5.69 Å². The van der Waals surface area contributed by atoms with Crippen molar-refractivity contribution in [2.24, 2.45) is 14.1 Å². The SMILES string of the molecule is Cc1cc(OCc2ccc(C(=O)Nc3cnn(C)c3C(=O)NCc3cnn(C)c3)o2)ccc1Cl. The van der Waals surface area contributed by atoms with Crippen molar-refractivity contribution in [1.29, 1.82) is 0 Å². The molecule has 0 atom stereocenters. The summed E-state index contributed by atoms with van der Waals surface area (Å²) >= 11 is 6.03. The molecule has 2 N–H and O–H groups in total. The van der Waals surface area contributed by atoms with Crippen LogP contribution in [0, 0.1) is 6.92 Å². The van der Waals surface area contributed by atoms with E-state index in [1.54, 1.807) is 55.4 Å². The van der Waals surface area contributed by atoms with Gasteiger partial charge in [0.1, 0.15) is 23.8 Å². The van der Waals surface area contributed by atoms with E-state index in [0.717, 1.165) is 11.1 Å². The van der Waals surface area contributed by atoms with Gasteiger partial charge >= 0.3 is 0 Å². The lowest BCUT2D eigenvalue weighted by Gasteiger charge is -2.08. The zero-order valence-electron chi connectivity index (χ0n) is 18.8. The lowest BCUT2D eigenvalue weighted by Crippen LogP contribution is -2.26. The summed E-state index contributed by atoms with van der Waals surface area (Å²) < 4.78 is 14.4. The van der Waals surface area contributed by atoms with E-state index < -0.39 is 5.91 Å². The molecule has 0 radical (unpaired) electrons. The fourth-order valence-electron chi connectivity index (χ4n) is 3.25. The maximum absolute atomic E-state index is 12.7. The lowest BCUT2D eigenvalue weighted by molar-refractivity contribution is 0.0942. The van der Waals surface area contributed by atoms with E-state index in [1.807, 2.05) is 13.0 Å². The summed E-state index contributed by atoms with van der Waals surface area (Å²) in [6.07, 6.45) is 4.88. The summed E-state index contributed by atoms with van der Waals surface area (Å²) in [7, 11) is 3.42. The number of hydrogen-bond acceptors (Lipinski definition) is 6. The van der Waals surface area contributed by atoms with Gasteiger partial charge in [-0.25, -0.2) is 0 Å². The van der Waals surface area contributed by atoms with Gasteiger partial charge in [0.15, 0.2) is 5.76 Å². The molecule has 0 spiro atoms. The summed E-state index contributed by atoms with van der Waals surface area (Å²) in [5.41, 5.74) is 2.23. The highest BCUT2D eigenvalue weighted by Crippen LogP contribution is 2.22. The Bertz CT molecular complexity index is 1340. The summed E-state index contributed by atoms with van der Waals surface area (Å²) in [5, 5.41) is 14.3. The molecule has 11 heteroatoms. The molecule has 0 saturated heterocycles. The van der Waals surface area contributed by atoms with Gasteiger partial charge in [-0.2, -0.15) is 10.2 Å². The Morgan fingerprint density at radius 3 is 2.68 bits per heavy atom. The molecule has 4 aromatic rings. The third kappa shape index (κ3) is 5.29. The Kier molecular flexibility index (Phi) is 6.69. The second-order valence-corrected chi connectivity index (χ2v) is 8.06. The normalized spacial score (nSPS) is 10.8. The van der Waals surface area contributed by atoms with Crippen LogP contribution < -0.4 is 15.4 Å². The Balaban J connectivity index is 1.38. The van der Waals surface area contributed by atoms with Gasteiger partial charge < -0.3 is 19.8 Å². The van der Waals surface area contributed by atoms with Crippen molar-refractivity contribution in [2.45, 2.75) is 20.1 Å². The zero-order chi connectivity index (χ0) is 24.2. The minimum Gasteiger partial charge on any atom is -0.486 e. The van der Waals surface area contributed by atoms with Crippen LogP contribution in [0.5, 0.6) is 5.75 Å². The first-order chi connectivity index (χ1) is 16.3. The molecular weight excluding hydrogens is 460 g/mol. The molecule has 34 heavy (non-hydrogen) atoms. The van der Waals surface area contributed by atoms with Crippen molar-refractivity contribution >= 4 is 29.1 Å². The predicted molar refractivity (Wildman–Crippen MR) is 125 cm³/mol. The van der Waals surface area contributed by atoms with Crippen LogP contribution in [-0.2, 0) is 27.2 Å². The minimum atomic E-state index is -0.511. The monoisotopic (exact) mass is 482 g/mol. The third-order valence-electron chi connectivity index (χ3n) is 5.01. The molecule has 3 aromatic heterocycles. The number of aryl methyl sites for hydroxylation is 3. The van der Waals surface area contributed by atoms with E-state index in [0.29, 0.717) is 23.1 Å². The molecular formula is C23H23ClN6O4. The molecule has 0 unspecified atom stereocenters. The molecule has 0 fully saturated rings. The van der Waals surface area contributed by atoms with Gasteiger partial charge in [-0.15, -0.1) is 0 Å². The first-order valence-corrected chi connectivity index (χ1v) is 10.7. The van der Waals surface area contributed by atoms with E-state index in [9.17, 15) is 9.59 Å². The Hall–Kier alpha value is -4.05. The highest BCUT2D eigenvalue weighted by molar-refractivity contribution is 6.31. The van der Waals surface area contributed by atoms with Crippen LogP contribution in [0.3, 0.4) is 0 Å². The van der Waals surface area contributed by atoms with Crippen LogP contribution in [0.1, 0.15) is 37.9 Å². The lowest BCUT2D eigenvalue weighted by atomic mass is 10.2. The minimum absolute atomic E-state index is 0.0801. The van der Waals surface area contributed by atoms with Crippen LogP contribution in [0.25, 0.3) is 0 Å². The number of anilines is 1. The number of furan rings is 1. The Morgan fingerprint density at radius 1 is 1.12 bits per heavy atom. The number of carbonyl (C=O) groups is 2. The number of rotatable bonds is 8. The van der Waals surface area contributed by atoms with Crippen molar-refractivity contribution in [2.75, 3.05) is 5.32 Å². The van der Waals surface area contributed by atoms with Gasteiger partial charge in [0.2, 0.25) is 0 Å². The average Bonchev–Trinajstić information content (AvgIpc) is 3.53. The summed E-state index contributed by atoms with van der Waals surface area (Å²) in [5.74, 6) is 0.297. The first-order valence-electron chi connectivity index (χ1n) is 10.4. The van der Waals surface area contributed by atoms with Gasteiger partial charge in [0, 0.05) is 37.4 Å². The second-order valence-electron chi connectivity index (χ2n) is 7.66. The predicted octanol–water partition coefficient (Wildman–Crippen LogP) is 3.47. The summed E-state index contributed by atoms with van der Waals surface area (Å²) in [6.45, 7) is 2.32. The molecule has 0 aliphatic heterocycles.